The first-order chi connectivity index (χ1) is 14.3. The summed E-state index contributed by atoms with van der Waals surface area (Å²) in [4.78, 5) is 37.8. The maximum absolute atomic E-state index is 12.6. The number of aliphatic carboxylic acids is 1. The number of aromatic nitrogens is 4. The quantitative estimate of drug-likeness (QED) is 0.281. The molecule has 0 saturated carbocycles. The maximum atomic E-state index is 12.6. The first-order valence-corrected chi connectivity index (χ1v) is 11.3. The standard InChI is InChI=1S/C15H14N6O6S3/c1-6-17-18-15(30-6)29-5-7-4-28-13-10(12(24)21(13)11(7)14(25)26)16-8(22)2-20-3-9(23)27-19-20/h3,10,13H,2,4-5H2,1H3,(H2-,16,19,22,23,25,26)/t10?,13-/m0/s1. The molecule has 0 radical (unpaired) electrons. The van der Waals surface area contributed by atoms with E-state index in [9.17, 15) is 24.6 Å². The van der Waals surface area contributed by atoms with Gasteiger partial charge >= 0.3 is 5.97 Å². The molecule has 0 spiro atoms. The Kier molecular flexibility index (Phi) is 5.66. The molecule has 2 aromatic rings. The number of nitrogens with zero attached hydrogens (tertiary/aromatic N) is 5. The number of rotatable bonds is 7. The summed E-state index contributed by atoms with van der Waals surface area (Å²) >= 11 is 4.16. The van der Waals surface area contributed by atoms with E-state index in [4.69, 9.17) is 0 Å². The van der Waals surface area contributed by atoms with E-state index in [1.807, 2.05) is 6.92 Å². The average molecular weight is 471 g/mol. The monoisotopic (exact) mass is 470 g/mol. The molecule has 2 aliphatic heterocycles. The zero-order valence-electron chi connectivity index (χ0n) is 15.3. The highest BCUT2D eigenvalue weighted by atomic mass is 32.2. The summed E-state index contributed by atoms with van der Waals surface area (Å²) in [7, 11) is 0. The van der Waals surface area contributed by atoms with Crippen LogP contribution in [0.2, 0.25) is 0 Å². The maximum Gasteiger partial charge on any atom is 0.352 e. The van der Waals surface area contributed by atoms with Gasteiger partial charge in [-0.1, -0.05) is 27.8 Å². The number of nitrogens with one attached hydrogen (secondary N) is 1. The van der Waals surface area contributed by atoms with Gasteiger partial charge in [-0.2, -0.15) is 0 Å². The Labute approximate surface area is 181 Å². The lowest BCUT2D eigenvalue weighted by Gasteiger charge is -2.49. The topological polar surface area (TPSA) is 165 Å². The van der Waals surface area contributed by atoms with E-state index >= 15 is 0 Å². The number of fused-ring (bicyclic) bond motifs is 1. The summed E-state index contributed by atoms with van der Waals surface area (Å²) in [5, 5.41) is 34.8. The Morgan fingerprint density at radius 2 is 2.30 bits per heavy atom. The van der Waals surface area contributed by atoms with Crippen LogP contribution in [0.1, 0.15) is 5.01 Å². The molecular weight excluding hydrogens is 456 g/mol. The molecule has 4 heterocycles. The summed E-state index contributed by atoms with van der Waals surface area (Å²) in [6.45, 7) is 1.54. The Balaban J connectivity index is 1.43. The van der Waals surface area contributed by atoms with Crippen molar-refractivity contribution < 1.29 is 33.8 Å². The van der Waals surface area contributed by atoms with Crippen LogP contribution in [-0.2, 0) is 20.9 Å². The highest BCUT2D eigenvalue weighted by molar-refractivity contribution is 8.01. The van der Waals surface area contributed by atoms with Gasteiger partial charge in [-0.3, -0.25) is 14.5 Å². The molecule has 0 bridgehead atoms. The molecule has 2 amide bonds. The molecule has 2 N–H and O–H groups in total. The number of carbonyl (C=O) groups is 3. The van der Waals surface area contributed by atoms with Gasteiger partial charge in [-0.05, 0) is 12.5 Å². The number of hydrogen-bond acceptors (Lipinski definition) is 11. The Morgan fingerprint density at radius 1 is 1.50 bits per heavy atom. The second-order valence-electron chi connectivity index (χ2n) is 6.31. The molecule has 1 saturated heterocycles. The summed E-state index contributed by atoms with van der Waals surface area (Å²) in [6, 6.07) is -0.851. The SMILES string of the molecule is Cc1nnc(SCC2=C(C(=O)O)N3C(=O)C(NC(=O)C[n+]4cc([O-])on4)[C@@H]3SC2)s1. The fourth-order valence-electron chi connectivity index (χ4n) is 2.98. The highest BCUT2D eigenvalue weighted by Crippen LogP contribution is 2.41. The van der Waals surface area contributed by atoms with Crippen molar-refractivity contribution in [3.8, 4) is 5.95 Å². The number of carbonyl (C=O) groups excluding carboxylic acids is 2. The van der Waals surface area contributed by atoms with Crippen LogP contribution in [0.25, 0.3) is 0 Å². The van der Waals surface area contributed by atoms with Gasteiger partial charge in [0.05, 0.1) is 5.27 Å². The van der Waals surface area contributed by atoms with E-state index in [2.05, 4.69) is 25.3 Å². The van der Waals surface area contributed by atoms with Crippen LogP contribution in [0.4, 0.5) is 0 Å². The predicted molar refractivity (Wildman–Crippen MR) is 101 cm³/mol. The number of carboxylic acid groups (broad SMARTS) is 1. The van der Waals surface area contributed by atoms with E-state index < -0.39 is 35.1 Å². The van der Waals surface area contributed by atoms with Crippen LogP contribution in [-0.4, -0.2) is 66.2 Å². The molecule has 158 valence electrons. The van der Waals surface area contributed by atoms with Gasteiger partial charge in [0.1, 0.15) is 28.1 Å². The smallest absolute Gasteiger partial charge is 0.352 e. The van der Waals surface area contributed by atoms with E-state index in [0.717, 1.165) is 20.2 Å². The lowest BCUT2D eigenvalue weighted by atomic mass is 10.0. The van der Waals surface area contributed by atoms with Gasteiger partial charge in [-0.25, -0.2) is 4.79 Å². The minimum absolute atomic E-state index is 0.0511. The van der Waals surface area contributed by atoms with Gasteiger partial charge in [0.15, 0.2) is 4.34 Å². The van der Waals surface area contributed by atoms with Crippen molar-refractivity contribution in [3.63, 3.8) is 0 Å². The minimum atomic E-state index is -1.19. The molecule has 12 nitrogen and oxygen atoms in total. The molecule has 0 aliphatic carbocycles. The van der Waals surface area contributed by atoms with Crippen molar-refractivity contribution in [2.75, 3.05) is 11.5 Å². The van der Waals surface area contributed by atoms with E-state index in [0.29, 0.717) is 17.1 Å². The number of aryl methyl sites for hydroxylation is 1. The fraction of sp³-hybridized carbons (Fsp3) is 0.400. The van der Waals surface area contributed by atoms with Crippen LogP contribution in [0.5, 0.6) is 5.95 Å². The Hall–Kier alpha value is -2.65. The number of β-lactam (4-membered cyclic amide) rings is 1. The summed E-state index contributed by atoms with van der Waals surface area (Å²) in [5.41, 5.74) is 0.561. The second-order valence-corrected chi connectivity index (χ2v) is 9.82. The van der Waals surface area contributed by atoms with E-state index in [-0.39, 0.29) is 12.2 Å². The molecule has 2 atom stereocenters. The van der Waals surface area contributed by atoms with Crippen molar-refractivity contribution in [2.24, 2.45) is 0 Å². The largest absolute Gasteiger partial charge is 0.539 e. The molecule has 2 aromatic heterocycles. The van der Waals surface area contributed by atoms with Gasteiger partial charge in [0.2, 0.25) is 6.20 Å². The van der Waals surface area contributed by atoms with E-state index in [1.165, 1.54) is 39.8 Å². The van der Waals surface area contributed by atoms with Crippen molar-refractivity contribution in [3.05, 3.63) is 22.5 Å². The van der Waals surface area contributed by atoms with Gasteiger partial charge in [0, 0.05) is 11.5 Å². The minimum Gasteiger partial charge on any atom is -0.539 e. The van der Waals surface area contributed by atoms with Crippen molar-refractivity contribution in [2.45, 2.75) is 29.2 Å². The third-order valence-electron chi connectivity index (χ3n) is 4.24. The number of carboxylic acids is 1. The first kappa shape index (κ1) is 20.6. The van der Waals surface area contributed by atoms with Crippen LogP contribution in [0, 0.1) is 6.92 Å². The number of amides is 2. The second kappa shape index (κ2) is 8.23. The lowest BCUT2D eigenvalue weighted by Crippen LogP contribution is -2.71. The molecule has 1 fully saturated rings. The predicted octanol–water partition coefficient (Wildman–Crippen LogP) is -1.27. The zero-order chi connectivity index (χ0) is 21.4. The normalized spacial score (nSPS) is 20.7. The number of hydrogen-bond donors (Lipinski definition) is 2. The third-order valence-corrected chi connectivity index (χ3v) is 7.64. The lowest BCUT2D eigenvalue weighted by molar-refractivity contribution is -0.751. The van der Waals surface area contributed by atoms with Crippen LogP contribution < -0.4 is 15.1 Å². The molecule has 4 rings (SSSR count). The molecule has 1 unspecified atom stereocenters. The Morgan fingerprint density at radius 3 is 2.93 bits per heavy atom. The summed E-state index contributed by atoms with van der Waals surface area (Å²) < 4.78 is 6.08. The highest BCUT2D eigenvalue weighted by Gasteiger charge is 2.54. The van der Waals surface area contributed by atoms with Crippen molar-refractivity contribution >= 4 is 52.6 Å². The number of thioether (sulfide) groups is 2. The van der Waals surface area contributed by atoms with E-state index in [1.54, 1.807) is 0 Å². The van der Waals surface area contributed by atoms with Crippen molar-refractivity contribution in [1.82, 2.24) is 25.7 Å². The molecule has 15 heteroatoms. The fourth-order valence-corrected chi connectivity index (χ4v) is 6.28. The van der Waals surface area contributed by atoms with Gasteiger partial charge in [-0.15, -0.1) is 22.0 Å². The van der Waals surface area contributed by atoms with Crippen LogP contribution in [0.15, 0.2) is 26.3 Å². The van der Waals surface area contributed by atoms with Crippen molar-refractivity contribution in [1.29, 1.82) is 0 Å². The molecular formula is C15H14N6O6S3. The Bertz CT molecular complexity index is 1050. The van der Waals surface area contributed by atoms with Gasteiger partial charge in [0.25, 0.3) is 18.4 Å². The van der Waals surface area contributed by atoms with Gasteiger partial charge < -0.3 is 20.1 Å². The average Bonchev–Trinajstić information content (AvgIpc) is 3.31. The van der Waals surface area contributed by atoms with Crippen LogP contribution in [0.3, 0.4) is 0 Å². The first-order valence-electron chi connectivity index (χ1n) is 8.49. The molecule has 0 aromatic carbocycles. The summed E-state index contributed by atoms with van der Waals surface area (Å²) in [5.74, 6) is -2.14. The zero-order valence-corrected chi connectivity index (χ0v) is 17.8. The third kappa shape index (κ3) is 3.99. The van der Waals surface area contributed by atoms with Crippen LogP contribution >= 0.6 is 34.9 Å². The molecule has 30 heavy (non-hydrogen) atoms. The molecule has 2 aliphatic rings. The summed E-state index contributed by atoms with van der Waals surface area (Å²) in [6.07, 6.45) is 1.01.